The van der Waals surface area contributed by atoms with Gasteiger partial charge in [0.2, 0.25) is 10.0 Å². The predicted octanol–water partition coefficient (Wildman–Crippen LogP) is 1.57. The van der Waals surface area contributed by atoms with Gasteiger partial charge in [-0.25, -0.2) is 13.1 Å². The van der Waals surface area contributed by atoms with E-state index in [1.807, 2.05) is 13.8 Å². The molecule has 92 valence electrons. The number of hydrogen-bond acceptors (Lipinski definition) is 4. The van der Waals surface area contributed by atoms with Gasteiger partial charge in [-0.15, -0.1) is 11.3 Å². The lowest BCUT2D eigenvalue weighted by Gasteiger charge is -2.03. The van der Waals surface area contributed by atoms with E-state index in [1.165, 1.54) is 11.3 Å². The molecule has 0 unspecified atom stereocenters. The average molecular weight is 271 g/mol. The molecule has 0 bridgehead atoms. The van der Waals surface area contributed by atoms with Gasteiger partial charge >= 0.3 is 0 Å². The van der Waals surface area contributed by atoms with Gasteiger partial charge in [0.15, 0.2) is 0 Å². The zero-order chi connectivity index (χ0) is 12.5. The van der Waals surface area contributed by atoms with Crippen LogP contribution in [0.15, 0.2) is 22.5 Å². The normalized spacial score (nSPS) is 11.9. The van der Waals surface area contributed by atoms with Gasteiger partial charge in [0.05, 0.1) is 6.20 Å². The molecule has 0 saturated heterocycles. The van der Waals surface area contributed by atoms with E-state index in [-0.39, 0.29) is 6.54 Å². The lowest BCUT2D eigenvalue weighted by Crippen LogP contribution is -2.22. The largest absolute Gasteiger partial charge is 0.283 e. The molecular formula is C10H13N3O2S2. The highest BCUT2D eigenvalue weighted by Gasteiger charge is 2.16. The quantitative estimate of drug-likeness (QED) is 0.886. The highest BCUT2D eigenvalue weighted by atomic mass is 32.2. The Hall–Kier alpha value is -1.18. The van der Waals surface area contributed by atoms with Crippen molar-refractivity contribution in [2.45, 2.75) is 24.6 Å². The first-order chi connectivity index (χ1) is 7.99. The summed E-state index contributed by atoms with van der Waals surface area (Å²) in [7, 11) is -3.41. The number of H-pyrrole nitrogens is 1. The second kappa shape index (κ2) is 4.59. The third-order valence-electron chi connectivity index (χ3n) is 2.37. The number of sulfonamides is 1. The average Bonchev–Trinajstić information content (AvgIpc) is 2.85. The molecule has 0 aromatic carbocycles. The van der Waals surface area contributed by atoms with Crippen molar-refractivity contribution in [2.24, 2.45) is 0 Å². The van der Waals surface area contributed by atoms with Crippen LogP contribution < -0.4 is 4.72 Å². The molecule has 2 aromatic heterocycles. The maximum atomic E-state index is 11.9. The second-order valence-corrected chi connectivity index (χ2v) is 6.99. The Morgan fingerprint density at radius 3 is 2.71 bits per heavy atom. The van der Waals surface area contributed by atoms with Crippen LogP contribution in [0.5, 0.6) is 0 Å². The molecule has 0 saturated carbocycles. The predicted molar refractivity (Wildman–Crippen MR) is 66.4 cm³/mol. The number of nitrogens with one attached hydrogen (secondary N) is 2. The van der Waals surface area contributed by atoms with E-state index in [4.69, 9.17) is 0 Å². The van der Waals surface area contributed by atoms with Crippen molar-refractivity contribution >= 4 is 21.4 Å². The Bertz CT molecular complexity index is 613. The van der Waals surface area contributed by atoms with E-state index >= 15 is 0 Å². The molecule has 0 radical (unpaired) electrons. The van der Waals surface area contributed by atoms with Crippen molar-refractivity contribution in [2.75, 3.05) is 0 Å². The summed E-state index contributed by atoms with van der Waals surface area (Å²) in [6.45, 7) is 3.98. The van der Waals surface area contributed by atoms with E-state index in [9.17, 15) is 8.42 Å². The number of nitrogens with zero attached hydrogens (tertiary/aromatic N) is 1. The summed E-state index contributed by atoms with van der Waals surface area (Å²) in [6.07, 6.45) is 1.62. The molecule has 0 atom stereocenters. The van der Waals surface area contributed by atoms with E-state index in [0.29, 0.717) is 4.21 Å². The molecule has 2 aromatic rings. The van der Waals surface area contributed by atoms with Gasteiger partial charge in [-0.1, -0.05) is 0 Å². The van der Waals surface area contributed by atoms with Crippen LogP contribution in [0.25, 0.3) is 0 Å². The van der Waals surface area contributed by atoms with Gasteiger partial charge in [-0.2, -0.15) is 5.10 Å². The second-order valence-electron chi connectivity index (χ2n) is 3.71. The van der Waals surface area contributed by atoms with Gasteiger partial charge in [0.25, 0.3) is 0 Å². The fourth-order valence-electron chi connectivity index (χ4n) is 1.35. The molecule has 0 aliphatic carbocycles. The molecule has 5 nitrogen and oxygen atoms in total. The molecule has 0 spiro atoms. The third kappa shape index (κ3) is 2.74. The highest BCUT2D eigenvalue weighted by molar-refractivity contribution is 7.91. The maximum Gasteiger partial charge on any atom is 0.250 e. The molecule has 0 aliphatic rings. The van der Waals surface area contributed by atoms with Crippen LogP contribution in [0, 0.1) is 13.8 Å². The number of hydrogen-bond donors (Lipinski definition) is 2. The van der Waals surface area contributed by atoms with E-state index in [0.717, 1.165) is 16.1 Å². The number of rotatable bonds is 4. The SMILES string of the molecule is Cc1ccc(S(=O)(=O)NCc2cn[nH]c2C)s1. The van der Waals surface area contributed by atoms with Crippen molar-refractivity contribution in [1.29, 1.82) is 0 Å². The zero-order valence-electron chi connectivity index (χ0n) is 9.52. The first-order valence-electron chi connectivity index (χ1n) is 5.04. The van der Waals surface area contributed by atoms with Crippen LogP contribution in [0.4, 0.5) is 0 Å². The number of aromatic nitrogens is 2. The Morgan fingerprint density at radius 1 is 1.41 bits per heavy atom. The van der Waals surface area contributed by atoms with Crippen LogP contribution in [0.3, 0.4) is 0 Å². The molecule has 2 rings (SSSR count). The molecule has 17 heavy (non-hydrogen) atoms. The summed E-state index contributed by atoms with van der Waals surface area (Å²) in [5.41, 5.74) is 1.72. The van der Waals surface area contributed by atoms with Gasteiger partial charge in [-0.3, -0.25) is 5.10 Å². The summed E-state index contributed by atoms with van der Waals surface area (Å²) in [5.74, 6) is 0. The summed E-state index contributed by atoms with van der Waals surface area (Å²) in [6, 6.07) is 3.41. The Labute approximate surface area is 104 Å². The minimum atomic E-state index is -3.41. The van der Waals surface area contributed by atoms with Crippen molar-refractivity contribution in [3.05, 3.63) is 34.5 Å². The standard InChI is InChI=1S/C10H13N3O2S2/c1-7-3-4-10(16-7)17(14,15)12-6-9-5-11-13-8(9)2/h3-5,12H,6H2,1-2H3,(H,11,13). The zero-order valence-corrected chi connectivity index (χ0v) is 11.2. The highest BCUT2D eigenvalue weighted by Crippen LogP contribution is 2.20. The molecule has 2 heterocycles. The molecule has 0 fully saturated rings. The topological polar surface area (TPSA) is 74.8 Å². The summed E-state index contributed by atoms with van der Waals surface area (Å²) < 4.78 is 26.7. The fraction of sp³-hybridized carbons (Fsp3) is 0.300. The molecule has 0 amide bonds. The third-order valence-corrected chi connectivity index (χ3v) is 5.26. The minimum absolute atomic E-state index is 0.252. The van der Waals surface area contributed by atoms with Gasteiger partial charge in [0.1, 0.15) is 4.21 Å². The van der Waals surface area contributed by atoms with Crippen molar-refractivity contribution in [3.63, 3.8) is 0 Å². The van der Waals surface area contributed by atoms with Gasteiger partial charge < -0.3 is 0 Å². The first-order valence-corrected chi connectivity index (χ1v) is 7.34. The van der Waals surface area contributed by atoms with Crippen LogP contribution >= 0.6 is 11.3 Å². The number of thiophene rings is 1. The Morgan fingerprint density at radius 2 is 2.18 bits per heavy atom. The Kier molecular flexibility index (Phi) is 3.32. The van der Waals surface area contributed by atoms with Crippen molar-refractivity contribution in [1.82, 2.24) is 14.9 Å². The molecule has 0 aliphatic heterocycles. The fourth-order valence-corrected chi connectivity index (χ4v) is 3.69. The molecule has 7 heteroatoms. The van der Waals surface area contributed by atoms with E-state index in [1.54, 1.807) is 18.3 Å². The lowest BCUT2D eigenvalue weighted by atomic mass is 10.3. The monoisotopic (exact) mass is 271 g/mol. The summed E-state index contributed by atoms with van der Waals surface area (Å²) in [4.78, 5) is 0.977. The van der Waals surface area contributed by atoms with E-state index < -0.39 is 10.0 Å². The Balaban J connectivity index is 2.11. The van der Waals surface area contributed by atoms with E-state index in [2.05, 4.69) is 14.9 Å². The van der Waals surface area contributed by atoms with Crippen LogP contribution in [0.1, 0.15) is 16.1 Å². The van der Waals surface area contributed by atoms with Crippen LogP contribution in [-0.2, 0) is 16.6 Å². The summed E-state index contributed by atoms with van der Waals surface area (Å²) >= 11 is 1.26. The molecular weight excluding hydrogens is 258 g/mol. The van der Waals surface area contributed by atoms with Crippen LogP contribution in [-0.4, -0.2) is 18.6 Å². The van der Waals surface area contributed by atoms with Crippen LogP contribution in [0.2, 0.25) is 0 Å². The number of aromatic amines is 1. The maximum absolute atomic E-state index is 11.9. The summed E-state index contributed by atoms with van der Waals surface area (Å²) in [5, 5.41) is 6.61. The smallest absolute Gasteiger partial charge is 0.250 e. The van der Waals surface area contributed by atoms with Crippen molar-refractivity contribution in [3.8, 4) is 0 Å². The minimum Gasteiger partial charge on any atom is -0.283 e. The number of aryl methyl sites for hydroxylation is 2. The van der Waals surface area contributed by atoms with Crippen molar-refractivity contribution < 1.29 is 8.42 Å². The molecule has 2 N–H and O–H groups in total. The lowest BCUT2D eigenvalue weighted by molar-refractivity contribution is 0.583. The van der Waals surface area contributed by atoms with Gasteiger partial charge in [-0.05, 0) is 26.0 Å². The van der Waals surface area contributed by atoms with Gasteiger partial charge in [0, 0.05) is 22.7 Å². The first kappa shape index (κ1) is 12.3.